The minimum absolute atomic E-state index is 0.0732. The van der Waals surface area contributed by atoms with Crippen LogP contribution in [0.1, 0.15) is 27.0 Å². The maximum Gasteiger partial charge on any atom is 0.256 e. The molecule has 1 saturated heterocycles. The van der Waals surface area contributed by atoms with Crippen molar-refractivity contribution in [2.45, 2.75) is 20.3 Å². The first kappa shape index (κ1) is 18.1. The van der Waals surface area contributed by atoms with E-state index in [1.807, 2.05) is 44.2 Å². The summed E-state index contributed by atoms with van der Waals surface area (Å²) < 4.78 is 5.30. The maximum atomic E-state index is 12.8. The van der Waals surface area contributed by atoms with Crippen molar-refractivity contribution >= 4 is 17.5 Å². The molecule has 26 heavy (non-hydrogen) atoms. The lowest BCUT2D eigenvalue weighted by molar-refractivity contribution is -0.115. The van der Waals surface area contributed by atoms with Crippen LogP contribution in [0.5, 0.6) is 0 Å². The first-order valence-electron chi connectivity index (χ1n) is 8.86. The lowest BCUT2D eigenvalue weighted by Gasteiger charge is -2.27. The molecule has 0 saturated carbocycles. The molecule has 0 spiro atoms. The Kier molecular flexibility index (Phi) is 5.68. The quantitative estimate of drug-likeness (QED) is 0.920. The molecule has 0 aromatic heterocycles. The average Bonchev–Trinajstić information content (AvgIpc) is 2.65. The molecule has 0 radical (unpaired) electrons. The van der Waals surface area contributed by atoms with Gasteiger partial charge >= 0.3 is 0 Å². The minimum Gasteiger partial charge on any atom is -0.378 e. The van der Waals surface area contributed by atoms with Gasteiger partial charge in [0, 0.05) is 13.1 Å². The van der Waals surface area contributed by atoms with E-state index < -0.39 is 0 Å². The number of para-hydroxylation sites is 1. The Hall–Kier alpha value is -2.66. The molecule has 1 heterocycles. The van der Waals surface area contributed by atoms with Crippen LogP contribution in [-0.2, 0) is 16.0 Å². The van der Waals surface area contributed by atoms with Gasteiger partial charge in [-0.25, -0.2) is 0 Å². The first-order chi connectivity index (χ1) is 12.5. The number of carbonyl (C=O) groups excluding carboxylic acids is 2. The zero-order chi connectivity index (χ0) is 18.5. The lowest BCUT2D eigenvalue weighted by atomic mass is 10.0. The van der Waals surface area contributed by atoms with Crippen molar-refractivity contribution in [3.8, 4) is 0 Å². The van der Waals surface area contributed by atoms with Crippen LogP contribution in [-0.4, -0.2) is 43.0 Å². The standard InChI is InChI=1S/C21H24N2O3/c1-15-7-8-16(2)17(13-15)14-20(24)22-19-6-4-3-5-18(19)21(25)23-9-11-26-12-10-23/h3-8,13H,9-12,14H2,1-2H3,(H,22,24). The second-order valence-corrected chi connectivity index (χ2v) is 6.61. The Balaban J connectivity index is 1.74. The molecule has 0 atom stereocenters. The van der Waals surface area contributed by atoms with Crippen LogP contribution in [0.15, 0.2) is 42.5 Å². The second-order valence-electron chi connectivity index (χ2n) is 6.61. The zero-order valence-electron chi connectivity index (χ0n) is 15.2. The Morgan fingerprint density at radius 1 is 1.08 bits per heavy atom. The van der Waals surface area contributed by atoms with Crippen molar-refractivity contribution in [1.29, 1.82) is 0 Å². The summed E-state index contributed by atoms with van der Waals surface area (Å²) in [6.07, 6.45) is 0.285. The number of carbonyl (C=O) groups is 2. The van der Waals surface area contributed by atoms with Crippen LogP contribution in [0, 0.1) is 13.8 Å². The SMILES string of the molecule is Cc1ccc(C)c(CC(=O)Nc2ccccc2C(=O)N2CCOCC2)c1. The molecule has 5 heteroatoms. The topological polar surface area (TPSA) is 58.6 Å². The van der Waals surface area contributed by atoms with E-state index in [1.165, 1.54) is 0 Å². The smallest absolute Gasteiger partial charge is 0.256 e. The molecule has 1 aliphatic heterocycles. The second kappa shape index (κ2) is 8.15. The predicted molar refractivity (Wildman–Crippen MR) is 101 cm³/mol. The highest BCUT2D eigenvalue weighted by atomic mass is 16.5. The summed E-state index contributed by atoms with van der Waals surface area (Å²) in [6, 6.07) is 13.2. The number of nitrogens with one attached hydrogen (secondary N) is 1. The number of ether oxygens (including phenoxy) is 1. The van der Waals surface area contributed by atoms with Crippen molar-refractivity contribution in [3.63, 3.8) is 0 Å². The molecule has 2 aromatic rings. The van der Waals surface area contributed by atoms with E-state index in [2.05, 4.69) is 5.32 Å². The summed E-state index contributed by atoms with van der Waals surface area (Å²) in [7, 11) is 0. The molecule has 0 aliphatic carbocycles. The fourth-order valence-electron chi connectivity index (χ4n) is 3.07. The Bertz CT molecular complexity index is 811. The zero-order valence-corrected chi connectivity index (χ0v) is 15.2. The van der Waals surface area contributed by atoms with E-state index >= 15 is 0 Å². The summed E-state index contributed by atoms with van der Waals surface area (Å²) in [6.45, 7) is 6.25. The third kappa shape index (κ3) is 4.29. The number of nitrogens with zero attached hydrogens (tertiary/aromatic N) is 1. The molecule has 2 aromatic carbocycles. The number of rotatable bonds is 4. The van der Waals surface area contributed by atoms with E-state index in [0.29, 0.717) is 37.6 Å². The largest absolute Gasteiger partial charge is 0.378 e. The van der Waals surface area contributed by atoms with Gasteiger partial charge in [-0.3, -0.25) is 9.59 Å². The van der Waals surface area contributed by atoms with Crippen molar-refractivity contribution in [2.75, 3.05) is 31.6 Å². The Morgan fingerprint density at radius 3 is 2.58 bits per heavy atom. The van der Waals surface area contributed by atoms with E-state index in [1.54, 1.807) is 17.0 Å². The number of aryl methyl sites for hydroxylation is 2. The molecule has 3 rings (SSSR count). The molecule has 1 aliphatic rings. The van der Waals surface area contributed by atoms with Crippen LogP contribution in [0.4, 0.5) is 5.69 Å². The highest BCUT2D eigenvalue weighted by Crippen LogP contribution is 2.19. The van der Waals surface area contributed by atoms with E-state index in [0.717, 1.165) is 16.7 Å². The van der Waals surface area contributed by atoms with Gasteiger partial charge < -0.3 is 15.0 Å². The molecule has 0 bridgehead atoms. The summed E-state index contributed by atoms with van der Waals surface area (Å²) in [5.41, 5.74) is 4.28. The molecule has 1 fully saturated rings. The van der Waals surface area contributed by atoms with Crippen molar-refractivity contribution < 1.29 is 14.3 Å². The maximum absolute atomic E-state index is 12.8. The highest BCUT2D eigenvalue weighted by Gasteiger charge is 2.21. The Morgan fingerprint density at radius 2 is 1.81 bits per heavy atom. The van der Waals surface area contributed by atoms with Crippen LogP contribution in [0.2, 0.25) is 0 Å². The van der Waals surface area contributed by atoms with Crippen LogP contribution >= 0.6 is 0 Å². The monoisotopic (exact) mass is 352 g/mol. The molecular formula is C21H24N2O3. The summed E-state index contributed by atoms with van der Waals surface area (Å²) >= 11 is 0. The predicted octanol–water partition coefficient (Wildman–Crippen LogP) is 2.96. The van der Waals surface area contributed by atoms with Crippen LogP contribution in [0.25, 0.3) is 0 Å². The summed E-state index contributed by atoms with van der Waals surface area (Å²) in [5.74, 6) is -0.197. The highest BCUT2D eigenvalue weighted by molar-refractivity contribution is 6.04. The van der Waals surface area contributed by atoms with Crippen molar-refractivity contribution in [1.82, 2.24) is 4.90 Å². The van der Waals surface area contributed by atoms with Crippen molar-refractivity contribution in [2.24, 2.45) is 0 Å². The van der Waals surface area contributed by atoms with Gasteiger partial charge in [0.1, 0.15) is 0 Å². The third-order valence-corrected chi connectivity index (χ3v) is 4.59. The normalized spacial score (nSPS) is 14.2. The van der Waals surface area contributed by atoms with Gasteiger partial charge in [-0.1, -0.05) is 35.9 Å². The van der Waals surface area contributed by atoms with Gasteiger partial charge in [0.05, 0.1) is 30.9 Å². The lowest BCUT2D eigenvalue weighted by Crippen LogP contribution is -2.41. The molecule has 2 amide bonds. The number of hydrogen-bond donors (Lipinski definition) is 1. The van der Waals surface area contributed by atoms with E-state index in [-0.39, 0.29) is 18.2 Å². The van der Waals surface area contributed by atoms with Crippen molar-refractivity contribution in [3.05, 3.63) is 64.7 Å². The molecule has 1 N–H and O–H groups in total. The van der Waals surface area contributed by atoms with Gasteiger partial charge in [-0.15, -0.1) is 0 Å². The Labute approximate surface area is 154 Å². The number of anilines is 1. The molecule has 5 nitrogen and oxygen atoms in total. The van der Waals surface area contributed by atoms with Gasteiger partial charge in [0.15, 0.2) is 0 Å². The van der Waals surface area contributed by atoms with Gasteiger partial charge in [0.2, 0.25) is 5.91 Å². The third-order valence-electron chi connectivity index (χ3n) is 4.59. The minimum atomic E-state index is -0.124. The number of hydrogen-bond acceptors (Lipinski definition) is 3. The molecular weight excluding hydrogens is 328 g/mol. The summed E-state index contributed by atoms with van der Waals surface area (Å²) in [5, 5.41) is 2.91. The number of morpholine rings is 1. The molecule has 136 valence electrons. The fourth-order valence-corrected chi connectivity index (χ4v) is 3.07. The van der Waals surface area contributed by atoms with Gasteiger partial charge in [-0.05, 0) is 37.1 Å². The van der Waals surface area contributed by atoms with E-state index in [9.17, 15) is 9.59 Å². The van der Waals surface area contributed by atoms with E-state index in [4.69, 9.17) is 4.74 Å². The summed E-state index contributed by atoms with van der Waals surface area (Å²) in [4.78, 5) is 27.1. The average molecular weight is 352 g/mol. The number of benzene rings is 2. The fraction of sp³-hybridized carbons (Fsp3) is 0.333. The van der Waals surface area contributed by atoms with Crippen LogP contribution < -0.4 is 5.32 Å². The molecule has 0 unspecified atom stereocenters. The number of amides is 2. The first-order valence-corrected chi connectivity index (χ1v) is 8.86. The van der Waals surface area contributed by atoms with Gasteiger partial charge in [-0.2, -0.15) is 0 Å². The van der Waals surface area contributed by atoms with Crippen LogP contribution in [0.3, 0.4) is 0 Å². The van der Waals surface area contributed by atoms with Gasteiger partial charge in [0.25, 0.3) is 5.91 Å².